The van der Waals surface area contributed by atoms with Gasteiger partial charge in [0.05, 0.1) is 32.8 Å². The van der Waals surface area contributed by atoms with E-state index in [1.807, 2.05) is 16.5 Å². The Morgan fingerprint density at radius 3 is 2.43 bits per heavy atom. The summed E-state index contributed by atoms with van der Waals surface area (Å²) in [6.07, 6.45) is 1.65. The topological polar surface area (TPSA) is 82.2 Å². The van der Waals surface area contributed by atoms with Gasteiger partial charge in [0.25, 0.3) is 0 Å². The zero-order chi connectivity index (χ0) is 16.1. The molecule has 2 aromatic heterocycles. The number of halogens is 2. The Hall–Kier alpha value is -2.50. The van der Waals surface area contributed by atoms with Gasteiger partial charge in [-0.25, -0.2) is 9.97 Å². The van der Waals surface area contributed by atoms with Gasteiger partial charge in [0.15, 0.2) is 0 Å². The molecule has 0 saturated heterocycles. The van der Waals surface area contributed by atoms with Crippen molar-refractivity contribution in [3.8, 4) is 11.4 Å². The summed E-state index contributed by atoms with van der Waals surface area (Å²) < 4.78 is 1.88. The van der Waals surface area contributed by atoms with Gasteiger partial charge in [-0.1, -0.05) is 29.3 Å². The average molecular weight is 344 g/mol. The minimum Gasteiger partial charge on any atom is -0.399 e. The summed E-state index contributed by atoms with van der Waals surface area (Å²) in [5.41, 5.74) is 15.4. The lowest BCUT2D eigenvalue weighted by Crippen LogP contribution is -2.00. The molecule has 0 fully saturated rings. The first-order valence-electron chi connectivity index (χ1n) is 6.83. The van der Waals surface area contributed by atoms with Gasteiger partial charge < -0.3 is 11.5 Å². The fourth-order valence-corrected chi connectivity index (χ4v) is 3.23. The monoisotopic (exact) mass is 343 g/mol. The molecule has 0 saturated carbocycles. The molecular weight excluding hydrogens is 333 g/mol. The van der Waals surface area contributed by atoms with Gasteiger partial charge in [0, 0.05) is 5.69 Å². The molecule has 0 unspecified atom stereocenters. The van der Waals surface area contributed by atoms with Gasteiger partial charge >= 0.3 is 0 Å². The van der Waals surface area contributed by atoms with Crippen molar-refractivity contribution < 1.29 is 0 Å². The molecule has 0 aliphatic carbocycles. The van der Waals surface area contributed by atoms with E-state index in [1.54, 1.807) is 30.5 Å². The van der Waals surface area contributed by atoms with Crippen LogP contribution in [-0.4, -0.2) is 14.4 Å². The molecule has 2 heterocycles. The van der Waals surface area contributed by atoms with Crippen LogP contribution in [0.1, 0.15) is 0 Å². The normalized spacial score (nSPS) is 11.4. The number of nitrogens with two attached hydrogens (primary N) is 2. The van der Waals surface area contributed by atoms with Crippen molar-refractivity contribution in [1.29, 1.82) is 0 Å². The van der Waals surface area contributed by atoms with Gasteiger partial charge in [0.2, 0.25) is 0 Å². The highest BCUT2D eigenvalue weighted by Crippen LogP contribution is 2.36. The van der Waals surface area contributed by atoms with Crippen molar-refractivity contribution in [2.75, 3.05) is 11.5 Å². The summed E-state index contributed by atoms with van der Waals surface area (Å²) in [7, 11) is 0. The van der Waals surface area contributed by atoms with Crippen LogP contribution in [0, 0.1) is 0 Å². The second kappa shape index (κ2) is 5.01. The zero-order valence-electron chi connectivity index (χ0n) is 11.8. The summed E-state index contributed by atoms with van der Waals surface area (Å²) in [5, 5.41) is 1.02. The fraction of sp³-hybridized carbons (Fsp3) is 0. The smallest absolute Gasteiger partial charge is 0.150 e. The summed E-state index contributed by atoms with van der Waals surface area (Å²) in [6.45, 7) is 0. The first-order chi connectivity index (χ1) is 11.1. The highest BCUT2D eigenvalue weighted by atomic mass is 35.5. The Labute approximate surface area is 141 Å². The Morgan fingerprint density at radius 1 is 0.957 bits per heavy atom. The second-order valence-corrected chi connectivity index (χ2v) is 5.96. The quantitative estimate of drug-likeness (QED) is 0.511. The lowest BCUT2D eigenvalue weighted by atomic mass is 10.2. The van der Waals surface area contributed by atoms with Gasteiger partial charge in [0.1, 0.15) is 17.2 Å². The van der Waals surface area contributed by atoms with E-state index >= 15 is 0 Å². The molecule has 4 rings (SSSR count). The van der Waals surface area contributed by atoms with Gasteiger partial charge in [-0.2, -0.15) is 0 Å². The minimum absolute atomic E-state index is 0.379. The van der Waals surface area contributed by atoms with Crippen LogP contribution in [0.3, 0.4) is 0 Å². The van der Waals surface area contributed by atoms with Crippen molar-refractivity contribution in [3.05, 3.63) is 52.6 Å². The van der Waals surface area contributed by atoms with E-state index in [0.29, 0.717) is 44.0 Å². The third-order valence-corrected chi connectivity index (χ3v) is 4.32. The second-order valence-electron chi connectivity index (χ2n) is 5.14. The number of fused-ring (bicyclic) bond motifs is 3. The molecule has 5 nitrogen and oxygen atoms in total. The van der Waals surface area contributed by atoms with Crippen LogP contribution in [0.25, 0.3) is 27.9 Å². The van der Waals surface area contributed by atoms with E-state index in [4.69, 9.17) is 34.7 Å². The Kier molecular flexibility index (Phi) is 3.07. The number of rotatable bonds is 1. The number of anilines is 2. The fourth-order valence-electron chi connectivity index (χ4n) is 2.67. The first kappa shape index (κ1) is 14.1. The Morgan fingerprint density at radius 2 is 1.70 bits per heavy atom. The van der Waals surface area contributed by atoms with E-state index in [9.17, 15) is 0 Å². The lowest BCUT2D eigenvalue weighted by molar-refractivity contribution is 1.20. The molecule has 0 aliphatic heterocycles. The van der Waals surface area contributed by atoms with E-state index in [-0.39, 0.29) is 0 Å². The van der Waals surface area contributed by atoms with Crippen molar-refractivity contribution in [1.82, 2.24) is 14.4 Å². The average Bonchev–Trinajstić information content (AvgIpc) is 2.94. The molecule has 0 bridgehead atoms. The predicted molar refractivity (Wildman–Crippen MR) is 94.8 cm³/mol. The lowest BCUT2D eigenvalue weighted by Gasteiger charge is -2.10. The molecule has 4 N–H and O–H groups in total. The van der Waals surface area contributed by atoms with E-state index in [0.717, 1.165) is 5.52 Å². The Bertz CT molecular complexity index is 1050. The third kappa shape index (κ3) is 2.09. The predicted octanol–water partition coefficient (Wildman–Crippen LogP) is 4.02. The SMILES string of the molecule is Nc1ccc2nc(N)c3cnc(-c4c(Cl)cccc4Cl)n3c2c1. The zero-order valence-corrected chi connectivity index (χ0v) is 13.3. The molecule has 0 atom stereocenters. The van der Waals surface area contributed by atoms with Crippen LogP contribution in [0.4, 0.5) is 11.5 Å². The van der Waals surface area contributed by atoms with Gasteiger partial charge in [-0.05, 0) is 30.3 Å². The maximum atomic E-state index is 6.33. The van der Waals surface area contributed by atoms with Crippen LogP contribution in [0.2, 0.25) is 10.0 Å². The standard InChI is InChI=1S/C16H11Cl2N5/c17-9-2-1-3-10(18)14(9)16-21-7-13-15(20)22-11-5-4-8(19)6-12(11)23(13)16/h1-7H,19H2,(H2,20,22). The molecule has 4 aromatic rings. The third-order valence-electron chi connectivity index (χ3n) is 3.69. The van der Waals surface area contributed by atoms with Crippen molar-refractivity contribution >= 4 is 51.3 Å². The van der Waals surface area contributed by atoms with Gasteiger partial charge in [-0.15, -0.1) is 0 Å². The van der Waals surface area contributed by atoms with Gasteiger partial charge in [-0.3, -0.25) is 4.40 Å². The molecular formula is C16H11Cl2N5. The molecule has 0 spiro atoms. The maximum absolute atomic E-state index is 6.33. The molecule has 2 aromatic carbocycles. The van der Waals surface area contributed by atoms with E-state index in [2.05, 4.69) is 9.97 Å². The van der Waals surface area contributed by atoms with E-state index < -0.39 is 0 Å². The molecule has 0 radical (unpaired) electrons. The summed E-state index contributed by atoms with van der Waals surface area (Å²) in [6, 6.07) is 10.7. The molecule has 7 heteroatoms. The molecule has 0 aliphatic rings. The number of imidazole rings is 1. The number of nitrogens with zero attached hydrogens (tertiary/aromatic N) is 3. The van der Waals surface area contributed by atoms with Crippen LogP contribution in [0.15, 0.2) is 42.6 Å². The molecule has 23 heavy (non-hydrogen) atoms. The Balaban J connectivity index is 2.21. The first-order valence-corrected chi connectivity index (χ1v) is 7.58. The number of hydrogen-bond acceptors (Lipinski definition) is 4. The summed E-state index contributed by atoms with van der Waals surface area (Å²) in [5.74, 6) is 0.976. The van der Waals surface area contributed by atoms with Crippen molar-refractivity contribution in [3.63, 3.8) is 0 Å². The maximum Gasteiger partial charge on any atom is 0.150 e. The van der Waals surface area contributed by atoms with Crippen LogP contribution >= 0.6 is 23.2 Å². The summed E-state index contributed by atoms with van der Waals surface area (Å²) >= 11 is 12.7. The van der Waals surface area contributed by atoms with Crippen LogP contribution in [-0.2, 0) is 0 Å². The highest BCUT2D eigenvalue weighted by molar-refractivity contribution is 6.39. The number of nitrogen functional groups attached to an aromatic ring is 2. The number of hydrogen-bond donors (Lipinski definition) is 2. The van der Waals surface area contributed by atoms with Crippen molar-refractivity contribution in [2.45, 2.75) is 0 Å². The number of aromatic nitrogens is 3. The van der Waals surface area contributed by atoms with Crippen LogP contribution < -0.4 is 11.5 Å². The van der Waals surface area contributed by atoms with E-state index in [1.165, 1.54) is 0 Å². The highest BCUT2D eigenvalue weighted by Gasteiger charge is 2.17. The minimum atomic E-state index is 0.379. The summed E-state index contributed by atoms with van der Waals surface area (Å²) in [4.78, 5) is 8.85. The van der Waals surface area contributed by atoms with Crippen LogP contribution in [0.5, 0.6) is 0 Å². The largest absolute Gasteiger partial charge is 0.399 e. The number of benzene rings is 2. The van der Waals surface area contributed by atoms with Crippen molar-refractivity contribution in [2.24, 2.45) is 0 Å². The molecule has 0 amide bonds. The molecule has 114 valence electrons.